The van der Waals surface area contributed by atoms with Gasteiger partial charge in [-0.2, -0.15) is 0 Å². The maximum atomic E-state index is 11.6. The van der Waals surface area contributed by atoms with E-state index < -0.39 is 11.1 Å². The number of aromatic nitrogens is 2. The number of methoxy groups -OCH3 is 1. The molecule has 0 aromatic heterocycles. The zero-order valence-electron chi connectivity index (χ0n) is 10.3. The van der Waals surface area contributed by atoms with Crippen LogP contribution in [0.5, 0.6) is 5.75 Å². The van der Waals surface area contributed by atoms with Gasteiger partial charge in [0.2, 0.25) is 0 Å². The second-order valence-electron chi connectivity index (χ2n) is 3.85. The largest absolute Gasteiger partial charge is 0.497 e. The predicted molar refractivity (Wildman–Crippen MR) is 78.7 cm³/mol. The van der Waals surface area contributed by atoms with Gasteiger partial charge in [0.25, 0.3) is 11.1 Å². The topological polar surface area (TPSA) is 69.2 Å². The summed E-state index contributed by atoms with van der Waals surface area (Å²) in [5.74, 6) is 0.701. The highest BCUT2D eigenvalue weighted by Gasteiger charge is 2.13. The fraction of sp³-hybridized carbons (Fsp3) is 0.0769. The lowest BCUT2D eigenvalue weighted by atomic mass is 10.1. The van der Waals surface area contributed by atoms with E-state index in [1.165, 1.54) is 6.20 Å². The van der Waals surface area contributed by atoms with Crippen LogP contribution in [0.25, 0.3) is 11.3 Å². The molecule has 7 heteroatoms. The van der Waals surface area contributed by atoms with Crippen LogP contribution in [0.4, 0.5) is 0 Å². The minimum atomic E-state index is -0.412. The molecule has 104 valence electrons. The third-order valence-corrected chi connectivity index (χ3v) is 2.84. The van der Waals surface area contributed by atoms with Gasteiger partial charge in [0.05, 0.1) is 23.2 Å². The minimum Gasteiger partial charge on any atom is -0.497 e. The van der Waals surface area contributed by atoms with Crippen LogP contribution in [0, 0.1) is 10.4 Å². The van der Waals surface area contributed by atoms with Crippen LogP contribution >= 0.6 is 24.8 Å². The SMILES string of the molecule is COc1ccc(-c2nc(=O)c3cnc(=O)c2=3)cc1.Cl.Cl. The van der Waals surface area contributed by atoms with E-state index in [0.29, 0.717) is 22.2 Å². The Hall–Kier alpha value is -1.98. The van der Waals surface area contributed by atoms with Crippen LogP contribution in [0.2, 0.25) is 0 Å². The fourth-order valence-corrected chi connectivity index (χ4v) is 1.93. The van der Waals surface area contributed by atoms with Crippen LogP contribution in [-0.2, 0) is 0 Å². The zero-order chi connectivity index (χ0) is 12.7. The number of benzene rings is 1. The lowest BCUT2D eigenvalue weighted by molar-refractivity contribution is 0.415. The van der Waals surface area contributed by atoms with Crippen LogP contribution in [0.3, 0.4) is 0 Å². The van der Waals surface area contributed by atoms with E-state index in [4.69, 9.17) is 4.74 Å². The molecule has 0 fully saturated rings. The first-order valence-electron chi connectivity index (χ1n) is 5.31. The molecule has 20 heavy (non-hydrogen) atoms. The van der Waals surface area contributed by atoms with Gasteiger partial charge in [-0.25, -0.2) is 9.97 Å². The summed E-state index contributed by atoms with van der Waals surface area (Å²) in [6.07, 6.45) is 1.28. The molecule has 0 saturated carbocycles. The minimum absolute atomic E-state index is 0. The van der Waals surface area contributed by atoms with Crippen molar-refractivity contribution >= 4 is 24.8 Å². The molecule has 2 heterocycles. The Balaban J connectivity index is 0.000001000. The van der Waals surface area contributed by atoms with E-state index in [1.807, 2.05) is 0 Å². The molecule has 2 aliphatic rings. The molecule has 0 spiro atoms. The van der Waals surface area contributed by atoms with Gasteiger partial charge < -0.3 is 4.74 Å². The van der Waals surface area contributed by atoms with Crippen molar-refractivity contribution in [3.8, 4) is 17.0 Å². The van der Waals surface area contributed by atoms with E-state index in [9.17, 15) is 9.59 Å². The third-order valence-electron chi connectivity index (χ3n) is 2.84. The van der Waals surface area contributed by atoms with Gasteiger partial charge in [-0.3, -0.25) is 9.59 Å². The van der Waals surface area contributed by atoms with Crippen molar-refractivity contribution in [3.63, 3.8) is 0 Å². The van der Waals surface area contributed by atoms with Crippen molar-refractivity contribution in [3.05, 3.63) is 61.6 Å². The molecule has 1 aromatic rings. The number of ether oxygens (including phenoxy) is 1. The van der Waals surface area contributed by atoms with Crippen LogP contribution < -0.4 is 15.9 Å². The van der Waals surface area contributed by atoms with E-state index in [0.717, 1.165) is 0 Å². The number of nitrogens with zero attached hydrogens (tertiary/aromatic N) is 2. The summed E-state index contributed by atoms with van der Waals surface area (Å²) < 4.78 is 5.05. The summed E-state index contributed by atoms with van der Waals surface area (Å²) >= 11 is 0. The zero-order valence-corrected chi connectivity index (χ0v) is 12.0. The van der Waals surface area contributed by atoms with Gasteiger partial charge in [-0.15, -0.1) is 24.8 Å². The van der Waals surface area contributed by atoms with Gasteiger partial charge in [-0.05, 0) is 24.3 Å². The van der Waals surface area contributed by atoms with Crippen molar-refractivity contribution in [1.29, 1.82) is 0 Å². The average Bonchev–Trinajstić information content (AvgIpc) is 2.92. The van der Waals surface area contributed by atoms with Crippen LogP contribution in [-0.4, -0.2) is 17.1 Å². The molecule has 0 amide bonds. The molecule has 0 atom stereocenters. The average molecular weight is 313 g/mol. The Labute approximate surface area is 125 Å². The summed E-state index contributed by atoms with van der Waals surface area (Å²) in [6.45, 7) is 0. The molecule has 0 bridgehead atoms. The molecule has 0 N–H and O–H groups in total. The smallest absolute Gasteiger partial charge is 0.280 e. The Morgan fingerprint density at radius 3 is 2.25 bits per heavy atom. The van der Waals surface area contributed by atoms with Gasteiger partial charge in [0.1, 0.15) is 5.75 Å². The normalized spacial score (nSPS) is 9.85. The second kappa shape index (κ2) is 5.98. The summed E-state index contributed by atoms with van der Waals surface area (Å²) in [5, 5.41) is 0.580. The van der Waals surface area contributed by atoms with Gasteiger partial charge in [0.15, 0.2) is 0 Å². The van der Waals surface area contributed by atoms with Crippen LogP contribution in [0.15, 0.2) is 40.1 Å². The number of halogens is 2. The summed E-state index contributed by atoms with van der Waals surface area (Å²) in [4.78, 5) is 30.7. The maximum Gasteiger partial charge on any atom is 0.280 e. The molecular weight excluding hydrogens is 303 g/mol. The second-order valence-corrected chi connectivity index (χ2v) is 3.85. The van der Waals surface area contributed by atoms with Crippen molar-refractivity contribution < 1.29 is 4.74 Å². The lowest BCUT2D eigenvalue weighted by Gasteiger charge is -2.00. The van der Waals surface area contributed by atoms with Gasteiger partial charge in [-0.1, -0.05) is 0 Å². The first-order valence-corrected chi connectivity index (χ1v) is 5.31. The molecule has 1 aromatic carbocycles. The van der Waals surface area contributed by atoms with E-state index in [1.54, 1.807) is 31.4 Å². The van der Waals surface area contributed by atoms with Crippen LogP contribution in [0.1, 0.15) is 0 Å². The highest BCUT2D eigenvalue weighted by Crippen LogP contribution is 2.20. The maximum absolute atomic E-state index is 11.6. The van der Waals surface area contributed by atoms with E-state index in [2.05, 4.69) is 9.97 Å². The number of hydrogen-bond donors (Lipinski definition) is 0. The summed E-state index contributed by atoms with van der Waals surface area (Å²) in [7, 11) is 1.57. The lowest BCUT2D eigenvalue weighted by Crippen LogP contribution is -2.01. The Morgan fingerprint density at radius 2 is 1.65 bits per heavy atom. The molecule has 2 aliphatic heterocycles. The Kier molecular flexibility index (Phi) is 4.81. The number of hydrogen-bond acceptors (Lipinski definition) is 5. The molecule has 5 nitrogen and oxygen atoms in total. The summed E-state index contributed by atoms with van der Waals surface area (Å²) in [6, 6.07) is 7.02. The van der Waals surface area contributed by atoms with E-state index >= 15 is 0 Å². The first kappa shape index (κ1) is 16.1. The Bertz CT molecular complexity index is 853. The Morgan fingerprint density at radius 1 is 1.00 bits per heavy atom. The predicted octanol–water partition coefficient (Wildman–Crippen LogP) is 1.32. The van der Waals surface area contributed by atoms with Crippen molar-refractivity contribution in [2.75, 3.05) is 7.11 Å². The molecule has 0 unspecified atom stereocenters. The molecule has 0 aliphatic carbocycles. The molecular formula is C13H10Cl2N2O3. The quantitative estimate of drug-likeness (QED) is 0.713. The standard InChI is InChI=1S/C13H8N2O3.2ClH/c1-18-8-4-2-7(3-5-8)11-10-9(12(16)15-11)6-14-13(10)17;;/h2-6H,1H3;2*1H. The highest BCUT2D eigenvalue weighted by atomic mass is 35.5. The third kappa shape index (κ3) is 2.37. The summed E-state index contributed by atoms with van der Waals surface area (Å²) in [5.41, 5.74) is 0.268. The first-order chi connectivity index (χ1) is 8.70. The fourth-order valence-electron chi connectivity index (χ4n) is 1.93. The molecule has 3 rings (SSSR count). The molecule has 0 saturated heterocycles. The molecule has 0 radical (unpaired) electrons. The highest BCUT2D eigenvalue weighted by molar-refractivity contribution is 5.85. The van der Waals surface area contributed by atoms with Gasteiger partial charge >= 0.3 is 0 Å². The van der Waals surface area contributed by atoms with Gasteiger partial charge in [0, 0.05) is 11.8 Å². The monoisotopic (exact) mass is 312 g/mol. The number of rotatable bonds is 2. The van der Waals surface area contributed by atoms with Crippen molar-refractivity contribution in [2.45, 2.75) is 0 Å². The van der Waals surface area contributed by atoms with Crippen molar-refractivity contribution in [1.82, 2.24) is 9.97 Å². The van der Waals surface area contributed by atoms with Crippen molar-refractivity contribution in [2.24, 2.45) is 0 Å². The van der Waals surface area contributed by atoms with E-state index in [-0.39, 0.29) is 30.0 Å².